The minimum absolute atomic E-state index is 0.0104. The molecule has 0 aliphatic carbocycles. The lowest BCUT2D eigenvalue weighted by atomic mass is 9.96. The minimum atomic E-state index is 0.0104. The third-order valence-electron chi connectivity index (χ3n) is 4.14. The lowest BCUT2D eigenvalue weighted by molar-refractivity contribution is 0.00709. The number of piperidine rings is 1. The largest absolute Gasteiger partial charge is 0.379 e. The van der Waals surface area contributed by atoms with Crippen molar-refractivity contribution in [2.24, 2.45) is 11.8 Å². The summed E-state index contributed by atoms with van der Waals surface area (Å²) >= 11 is 0. The fraction of sp³-hybridized carbons (Fsp3) is 0.733. The van der Waals surface area contributed by atoms with Gasteiger partial charge in [-0.1, -0.05) is 13.8 Å². The van der Waals surface area contributed by atoms with Crippen molar-refractivity contribution in [3.05, 3.63) is 18.5 Å². The van der Waals surface area contributed by atoms with Gasteiger partial charge < -0.3 is 15.0 Å². The second-order valence-corrected chi connectivity index (χ2v) is 6.01. The van der Waals surface area contributed by atoms with Crippen LogP contribution in [0, 0.1) is 11.8 Å². The van der Waals surface area contributed by atoms with Crippen molar-refractivity contribution in [2.45, 2.75) is 32.9 Å². The van der Waals surface area contributed by atoms with Crippen LogP contribution in [0.25, 0.3) is 0 Å². The zero-order chi connectivity index (χ0) is 15.2. The van der Waals surface area contributed by atoms with Crippen LogP contribution in [0.15, 0.2) is 18.5 Å². The van der Waals surface area contributed by atoms with E-state index in [2.05, 4.69) is 24.3 Å². The molecule has 0 unspecified atom stereocenters. The molecule has 2 amide bonds. The first-order chi connectivity index (χ1) is 10.1. The van der Waals surface area contributed by atoms with Crippen molar-refractivity contribution in [3.8, 4) is 0 Å². The second kappa shape index (κ2) is 7.45. The van der Waals surface area contributed by atoms with Gasteiger partial charge in [-0.25, -0.2) is 4.79 Å². The van der Waals surface area contributed by atoms with Gasteiger partial charge in [0.25, 0.3) is 0 Å². The molecule has 21 heavy (non-hydrogen) atoms. The first-order valence-corrected chi connectivity index (χ1v) is 7.63. The predicted octanol–water partition coefficient (Wildman–Crippen LogP) is 1.59. The van der Waals surface area contributed by atoms with Crippen LogP contribution in [0.4, 0.5) is 4.79 Å². The fourth-order valence-corrected chi connectivity index (χ4v) is 2.69. The summed E-state index contributed by atoms with van der Waals surface area (Å²) in [6.07, 6.45) is 4.85. The van der Waals surface area contributed by atoms with Gasteiger partial charge in [0.1, 0.15) is 0 Å². The van der Waals surface area contributed by atoms with E-state index in [-0.39, 0.29) is 12.1 Å². The van der Waals surface area contributed by atoms with E-state index >= 15 is 0 Å². The number of aromatic nitrogens is 2. The molecule has 118 valence electrons. The van der Waals surface area contributed by atoms with Gasteiger partial charge in [-0.05, 0) is 24.3 Å². The maximum Gasteiger partial charge on any atom is 0.317 e. The molecule has 1 aromatic rings. The standard InChI is InChI=1S/C15H26N4O2/c1-12(10-19-7-4-6-17-19)9-16-15(20)18-8-5-13(2)14(11-18)21-3/h4,6-7,12-14H,5,8-11H2,1-3H3,(H,16,20)/t12-,13-,14-/m1/s1. The molecule has 0 radical (unpaired) electrons. The highest BCUT2D eigenvalue weighted by molar-refractivity contribution is 5.74. The Balaban J connectivity index is 1.74. The molecule has 1 aliphatic heterocycles. The molecule has 0 bridgehead atoms. The smallest absolute Gasteiger partial charge is 0.317 e. The van der Waals surface area contributed by atoms with Gasteiger partial charge in [0, 0.05) is 45.7 Å². The quantitative estimate of drug-likeness (QED) is 0.897. The summed E-state index contributed by atoms with van der Waals surface area (Å²) in [6, 6.07) is 1.92. The number of carbonyl (C=O) groups is 1. The number of rotatable bonds is 5. The van der Waals surface area contributed by atoms with Gasteiger partial charge in [0.2, 0.25) is 0 Å². The maximum absolute atomic E-state index is 12.2. The number of carbonyl (C=O) groups excluding carboxylic acids is 1. The molecule has 1 N–H and O–H groups in total. The first kappa shape index (κ1) is 15.8. The Hall–Kier alpha value is -1.56. The van der Waals surface area contributed by atoms with E-state index in [0.29, 0.717) is 24.9 Å². The van der Waals surface area contributed by atoms with E-state index in [0.717, 1.165) is 19.5 Å². The molecule has 0 aromatic carbocycles. The highest BCUT2D eigenvalue weighted by Gasteiger charge is 2.28. The van der Waals surface area contributed by atoms with Crippen LogP contribution in [0.2, 0.25) is 0 Å². The maximum atomic E-state index is 12.2. The van der Waals surface area contributed by atoms with Crippen LogP contribution in [-0.4, -0.2) is 53.6 Å². The van der Waals surface area contributed by atoms with E-state index in [1.807, 2.05) is 21.8 Å². The summed E-state index contributed by atoms with van der Waals surface area (Å²) in [4.78, 5) is 14.1. The molecule has 3 atom stereocenters. The monoisotopic (exact) mass is 294 g/mol. The van der Waals surface area contributed by atoms with Gasteiger partial charge in [0.15, 0.2) is 0 Å². The molecular weight excluding hydrogens is 268 g/mol. The van der Waals surface area contributed by atoms with E-state index in [9.17, 15) is 4.79 Å². The second-order valence-electron chi connectivity index (χ2n) is 6.01. The van der Waals surface area contributed by atoms with Crippen molar-refractivity contribution in [1.82, 2.24) is 20.0 Å². The van der Waals surface area contributed by atoms with Crippen molar-refractivity contribution < 1.29 is 9.53 Å². The summed E-state index contributed by atoms with van der Waals surface area (Å²) in [5.41, 5.74) is 0. The average molecular weight is 294 g/mol. The Morgan fingerprint density at radius 1 is 1.57 bits per heavy atom. The molecule has 2 rings (SSSR count). The number of nitrogens with one attached hydrogen (secondary N) is 1. The zero-order valence-electron chi connectivity index (χ0n) is 13.2. The van der Waals surface area contributed by atoms with E-state index in [1.54, 1.807) is 13.3 Å². The number of likely N-dealkylation sites (tertiary alicyclic amines) is 1. The summed E-state index contributed by atoms with van der Waals surface area (Å²) in [7, 11) is 1.72. The molecule has 1 aromatic heterocycles. The predicted molar refractivity (Wildman–Crippen MR) is 80.9 cm³/mol. The summed E-state index contributed by atoms with van der Waals surface area (Å²) in [5, 5.41) is 7.19. The van der Waals surface area contributed by atoms with Crippen LogP contribution in [0.1, 0.15) is 20.3 Å². The molecule has 1 aliphatic rings. The Morgan fingerprint density at radius 2 is 2.38 bits per heavy atom. The van der Waals surface area contributed by atoms with Gasteiger partial charge in [-0.2, -0.15) is 5.10 Å². The summed E-state index contributed by atoms with van der Waals surface area (Å²) in [6.45, 7) is 7.23. The van der Waals surface area contributed by atoms with E-state index in [1.165, 1.54) is 0 Å². The van der Waals surface area contributed by atoms with Crippen LogP contribution in [-0.2, 0) is 11.3 Å². The van der Waals surface area contributed by atoms with Crippen LogP contribution in [0.3, 0.4) is 0 Å². The Kier molecular flexibility index (Phi) is 5.61. The molecule has 0 spiro atoms. The number of methoxy groups -OCH3 is 1. The SMILES string of the molecule is CO[C@@H]1CN(C(=O)NC[C@@H](C)Cn2cccn2)CC[C@H]1C. The van der Waals surface area contributed by atoms with Crippen molar-refractivity contribution in [3.63, 3.8) is 0 Å². The number of hydrogen-bond donors (Lipinski definition) is 1. The van der Waals surface area contributed by atoms with Crippen molar-refractivity contribution in [2.75, 3.05) is 26.7 Å². The van der Waals surface area contributed by atoms with Gasteiger partial charge >= 0.3 is 6.03 Å². The third kappa shape index (κ3) is 4.46. The van der Waals surface area contributed by atoms with Gasteiger partial charge in [-0.3, -0.25) is 4.68 Å². The number of ether oxygens (including phenoxy) is 1. The average Bonchev–Trinajstić information content (AvgIpc) is 2.98. The molecule has 6 nitrogen and oxygen atoms in total. The Labute approximate surface area is 126 Å². The first-order valence-electron chi connectivity index (χ1n) is 7.63. The van der Waals surface area contributed by atoms with Crippen LogP contribution in [0.5, 0.6) is 0 Å². The molecule has 6 heteroatoms. The molecule has 1 saturated heterocycles. The lowest BCUT2D eigenvalue weighted by Crippen LogP contribution is -2.50. The van der Waals surface area contributed by atoms with E-state index in [4.69, 9.17) is 4.74 Å². The number of hydrogen-bond acceptors (Lipinski definition) is 3. The Bertz CT molecular complexity index is 435. The van der Waals surface area contributed by atoms with Gasteiger partial charge in [-0.15, -0.1) is 0 Å². The summed E-state index contributed by atoms with van der Waals surface area (Å²) in [5.74, 6) is 0.855. The van der Waals surface area contributed by atoms with Crippen LogP contribution >= 0.6 is 0 Å². The van der Waals surface area contributed by atoms with E-state index < -0.39 is 0 Å². The highest BCUT2D eigenvalue weighted by Crippen LogP contribution is 2.19. The molecule has 2 heterocycles. The molecule has 0 saturated carbocycles. The highest BCUT2D eigenvalue weighted by atomic mass is 16.5. The third-order valence-corrected chi connectivity index (χ3v) is 4.14. The number of nitrogens with zero attached hydrogens (tertiary/aromatic N) is 3. The van der Waals surface area contributed by atoms with Crippen LogP contribution < -0.4 is 5.32 Å². The van der Waals surface area contributed by atoms with Crippen molar-refractivity contribution in [1.29, 1.82) is 0 Å². The summed E-state index contributed by atoms with van der Waals surface area (Å²) < 4.78 is 7.34. The number of amides is 2. The van der Waals surface area contributed by atoms with Crippen molar-refractivity contribution >= 4 is 6.03 Å². The molecule has 1 fully saturated rings. The zero-order valence-corrected chi connectivity index (χ0v) is 13.2. The Morgan fingerprint density at radius 3 is 3.05 bits per heavy atom. The fourth-order valence-electron chi connectivity index (χ4n) is 2.69. The number of urea groups is 1. The lowest BCUT2D eigenvalue weighted by Gasteiger charge is -2.36. The minimum Gasteiger partial charge on any atom is -0.379 e. The molecular formula is C15H26N4O2. The van der Waals surface area contributed by atoms with Gasteiger partial charge in [0.05, 0.1) is 6.10 Å². The topological polar surface area (TPSA) is 59.4 Å². The normalized spacial score (nSPS) is 23.9.